The van der Waals surface area contributed by atoms with Crippen molar-refractivity contribution < 1.29 is 12.8 Å². The third kappa shape index (κ3) is 3.22. The fourth-order valence-corrected chi connectivity index (χ4v) is 4.38. The molecule has 1 saturated heterocycles. The monoisotopic (exact) mass is 335 g/mol. The molecule has 0 radical (unpaired) electrons. The lowest BCUT2D eigenvalue weighted by molar-refractivity contribution is 0.302. The Morgan fingerprint density at radius 1 is 1.48 bits per heavy atom. The minimum Gasteiger partial charge on any atom is -0.326 e. The van der Waals surface area contributed by atoms with E-state index in [0.29, 0.717) is 13.1 Å². The Hall–Kier alpha value is -0.730. The van der Waals surface area contributed by atoms with Gasteiger partial charge in [0, 0.05) is 36.3 Å². The van der Waals surface area contributed by atoms with Gasteiger partial charge in [-0.05, 0) is 32.6 Å². The molecule has 0 spiro atoms. The first-order valence-electron chi connectivity index (χ1n) is 6.62. The van der Waals surface area contributed by atoms with Gasteiger partial charge in [0.15, 0.2) is 0 Å². The normalized spacial score (nSPS) is 20.4. The van der Waals surface area contributed by atoms with Crippen LogP contribution < -0.4 is 5.73 Å². The molecule has 1 aromatic rings. The van der Waals surface area contributed by atoms with Crippen molar-refractivity contribution in [3.8, 4) is 0 Å². The van der Waals surface area contributed by atoms with Crippen LogP contribution in [-0.4, -0.2) is 50.8 Å². The number of nitrogens with two attached hydrogens (primary N) is 1. The molecule has 1 aliphatic heterocycles. The van der Waals surface area contributed by atoms with Crippen LogP contribution in [0.5, 0.6) is 0 Å². The predicted octanol–water partition coefficient (Wildman–Crippen LogP) is 1.26. The van der Waals surface area contributed by atoms with Crippen LogP contribution in [0.3, 0.4) is 0 Å². The van der Waals surface area contributed by atoms with Crippen LogP contribution >= 0.6 is 11.6 Å². The van der Waals surface area contributed by atoms with Crippen LogP contribution in [0.2, 0.25) is 5.02 Å². The molecule has 1 aliphatic rings. The fourth-order valence-electron chi connectivity index (χ4n) is 2.44. The van der Waals surface area contributed by atoms with Crippen LogP contribution in [0, 0.1) is 5.82 Å². The smallest absolute Gasteiger partial charge is 0.246 e. The number of nitrogens with zero attached hydrogens (tertiary/aromatic N) is 2. The van der Waals surface area contributed by atoms with Gasteiger partial charge in [0.25, 0.3) is 0 Å². The summed E-state index contributed by atoms with van der Waals surface area (Å²) < 4.78 is 40.8. The molecule has 1 aromatic carbocycles. The van der Waals surface area contributed by atoms with Gasteiger partial charge in [-0.3, -0.25) is 0 Å². The zero-order valence-corrected chi connectivity index (χ0v) is 13.6. The highest BCUT2D eigenvalue weighted by atomic mass is 35.5. The van der Waals surface area contributed by atoms with Gasteiger partial charge in [-0.2, -0.15) is 4.31 Å². The van der Waals surface area contributed by atoms with Crippen molar-refractivity contribution in [1.29, 1.82) is 0 Å². The Morgan fingerprint density at radius 3 is 2.67 bits per heavy atom. The fraction of sp³-hybridized carbons (Fsp3) is 0.538. The summed E-state index contributed by atoms with van der Waals surface area (Å²) >= 11 is 5.88. The molecule has 1 heterocycles. The maximum Gasteiger partial charge on any atom is 0.246 e. The third-order valence-electron chi connectivity index (χ3n) is 3.77. The van der Waals surface area contributed by atoms with Crippen LogP contribution in [-0.2, 0) is 16.6 Å². The highest BCUT2D eigenvalue weighted by Crippen LogP contribution is 2.28. The Bertz CT molecular complexity index is 637. The quantitative estimate of drug-likeness (QED) is 0.899. The van der Waals surface area contributed by atoms with Gasteiger partial charge in [-0.25, -0.2) is 12.8 Å². The number of sulfonamides is 1. The molecule has 2 rings (SSSR count). The first kappa shape index (κ1) is 16.6. The number of halogens is 2. The van der Waals surface area contributed by atoms with Crippen LogP contribution in [0.25, 0.3) is 0 Å². The topological polar surface area (TPSA) is 66.6 Å². The molecule has 5 nitrogen and oxygen atoms in total. The molecule has 2 N–H and O–H groups in total. The van der Waals surface area contributed by atoms with E-state index >= 15 is 0 Å². The van der Waals surface area contributed by atoms with E-state index < -0.39 is 20.7 Å². The maximum absolute atomic E-state index is 14.3. The van der Waals surface area contributed by atoms with E-state index in [1.165, 1.54) is 10.4 Å². The molecule has 0 saturated carbocycles. The van der Waals surface area contributed by atoms with Crippen molar-refractivity contribution in [1.82, 2.24) is 9.21 Å². The summed E-state index contributed by atoms with van der Waals surface area (Å²) in [5, 5.41) is 0.166. The third-order valence-corrected chi connectivity index (χ3v) is 5.86. The summed E-state index contributed by atoms with van der Waals surface area (Å²) in [5.41, 5.74) is 5.53. The van der Waals surface area contributed by atoms with Gasteiger partial charge in [0.2, 0.25) is 10.0 Å². The number of hydrogen-bond acceptors (Lipinski definition) is 4. The average Bonchev–Trinajstić information content (AvgIpc) is 2.91. The SMILES string of the molecule is CN(C)C1CCN(S(=O)(=O)c2cc(Cl)cc(CN)c2F)C1. The molecule has 118 valence electrons. The van der Waals surface area contributed by atoms with Crippen LogP contribution in [0.1, 0.15) is 12.0 Å². The Morgan fingerprint density at radius 2 is 2.14 bits per heavy atom. The molecule has 0 bridgehead atoms. The van der Waals surface area contributed by atoms with Gasteiger partial charge < -0.3 is 10.6 Å². The van der Waals surface area contributed by atoms with Gasteiger partial charge in [-0.1, -0.05) is 11.6 Å². The Balaban J connectivity index is 2.39. The van der Waals surface area contributed by atoms with Crippen molar-refractivity contribution in [2.24, 2.45) is 5.73 Å². The minimum absolute atomic E-state index is 0.101. The maximum atomic E-state index is 14.3. The van der Waals surface area contributed by atoms with E-state index in [0.717, 1.165) is 12.5 Å². The molecule has 21 heavy (non-hydrogen) atoms. The molecule has 1 atom stereocenters. The summed E-state index contributed by atoms with van der Waals surface area (Å²) in [6, 6.07) is 2.63. The molecular formula is C13H19ClFN3O2S. The largest absolute Gasteiger partial charge is 0.326 e. The minimum atomic E-state index is -3.90. The lowest BCUT2D eigenvalue weighted by Gasteiger charge is -2.21. The summed E-state index contributed by atoms with van der Waals surface area (Å²) in [5.74, 6) is -0.810. The second-order valence-electron chi connectivity index (χ2n) is 5.35. The van der Waals surface area contributed by atoms with Crippen LogP contribution in [0.4, 0.5) is 4.39 Å². The first-order valence-corrected chi connectivity index (χ1v) is 8.43. The zero-order chi connectivity index (χ0) is 15.8. The number of likely N-dealkylation sites (N-methyl/N-ethyl adjacent to an activating group) is 1. The Kier molecular flexibility index (Phi) is 4.89. The number of benzene rings is 1. The van der Waals surface area contributed by atoms with E-state index in [2.05, 4.69) is 0 Å². The lowest BCUT2D eigenvalue weighted by atomic mass is 10.2. The van der Waals surface area contributed by atoms with Crippen molar-refractivity contribution in [2.45, 2.75) is 23.9 Å². The molecule has 0 amide bonds. The summed E-state index contributed by atoms with van der Waals surface area (Å²) in [7, 11) is -0.107. The van der Waals surface area contributed by atoms with Gasteiger partial charge in [0.1, 0.15) is 10.7 Å². The zero-order valence-electron chi connectivity index (χ0n) is 12.0. The summed E-state index contributed by atoms with van der Waals surface area (Å²) in [6.45, 7) is 0.615. The summed E-state index contributed by atoms with van der Waals surface area (Å²) in [6.07, 6.45) is 0.720. The predicted molar refractivity (Wildman–Crippen MR) is 80.2 cm³/mol. The van der Waals surface area contributed by atoms with E-state index in [1.54, 1.807) is 0 Å². The van der Waals surface area contributed by atoms with E-state index in [-0.39, 0.29) is 23.2 Å². The van der Waals surface area contributed by atoms with Crippen molar-refractivity contribution in [2.75, 3.05) is 27.2 Å². The van der Waals surface area contributed by atoms with Gasteiger partial charge in [0.05, 0.1) is 0 Å². The molecule has 1 unspecified atom stereocenters. The molecule has 0 aromatic heterocycles. The highest BCUT2D eigenvalue weighted by molar-refractivity contribution is 7.89. The van der Waals surface area contributed by atoms with Crippen LogP contribution in [0.15, 0.2) is 17.0 Å². The van der Waals surface area contributed by atoms with Gasteiger partial charge in [-0.15, -0.1) is 0 Å². The number of hydrogen-bond donors (Lipinski definition) is 1. The van der Waals surface area contributed by atoms with E-state index in [1.807, 2.05) is 19.0 Å². The molecule has 1 fully saturated rings. The molecule has 0 aliphatic carbocycles. The molecular weight excluding hydrogens is 317 g/mol. The van der Waals surface area contributed by atoms with Gasteiger partial charge >= 0.3 is 0 Å². The highest BCUT2D eigenvalue weighted by Gasteiger charge is 2.35. The summed E-state index contributed by atoms with van der Waals surface area (Å²) in [4.78, 5) is 1.57. The van der Waals surface area contributed by atoms with Crippen molar-refractivity contribution >= 4 is 21.6 Å². The van der Waals surface area contributed by atoms with E-state index in [9.17, 15) is 12.8 Å². The van der Waals surface area contributed by atoms with Crippen molar-refractivity contribution in [3.63, 3.8) is 0 Å². The second-order valence-corrected chi connectivity index (χ2v) is 7.69. The standard InChI is InChI=1S/C13H19ClFN3O2S/c1-17(2)11-3-4-18(8-11)21(19,20)12-6-10(14)5-9(7-16)13(12)15/h5-6,11H,3-4,7-8,16H2,1-2H3. The first-order chi connectivity index (χ1) is 9.77. The average molecular weight is 336 g/mol. The Labute approximate surface area is 129 Å². The second kappa shape index (κ2) is 6.18. The lowest BCUT2D eigenvalue weighted by Crippen LogP contribution is -2.35. The molecule has 8 heteroatoms. The number of rotatable bonds is 4. The van der Waals surface area contributed by atoms with Crippen molar-refractivity contribution in [3.05, 3.63) is 28.5 Å². The van der Waals surface area contributed by atoms with E-state index in [4.69, 9.17) is 17.3 Å².